The molecule has 104 valence electrons. The van der Waals surface area contributed by atoms with Gasteiger partial charge in [0.1, 0.15) is 0 Å². The van der Waals surface area contributed by atoms with E-state index in [4.69, 9.17) is 0 Å². The molecule has 0 radical (unpaired) electrons. The van der Waals surface area contributed by atoms with Crippen molar-refractivity contribution in [1.82, 2.24) is 10.2 Å². The van der Waals surface area contributed by atoms with Crippen LogP contribution in [0.5, 0.6) is 0 Å². The summed E-state index contributed by atoms with van der Waals surface area (Å²) in [5.74, 6) is 1.55. The van der Waals surface area contributed by atoms with E-state index in [1.807, 2.05) is 0 Å². The molecule has 0 aliphatic carbocycles. The van der Waals surface area contributed by atoms with Crippen LogP contribution < -0.4 is 5.32 Å². The quantitative estimate of drug-likeness (QED) is 0.893. The van der Waals surface area contributed by atoms with Crippen molar-refractivity contribution in [1.29, 1.82) is 0 Å². The summed E-state index contributed by atoms with van der Waals surface area (Å²) in [7, 11) is 0. The highest BCUT2D eigenvalue weighted by molar-refractivity contribution is 5.24. The molecule has 3 fully saturated rings. The van der Waals surface area contributed by atoms with Crippen LogP contribution in [-0.4, -0.2) is 30.6 Å². The first-order valence-corrected chi connectivity index (χ1v) is 7.77. The standard InChI is InChI=1S/C17H26N2/c1-13(2)15-5-3-14(4-6-15)11-18-17-12-19-9-7-16(17)8-10-19/h3-6,13,16-18H,7-12H2,1-2H3. The van der Waals surface area contributed by atoms with Crippen molar-refractivity contribution in [3.05, 3.63) is 35.4 Å². The zero-order chi connectivity index (χ0) is 13.2. The van der Waals surface area contributed by atoms with Crippen LogP contribution in [0.2, 0.25) is 0 Å². The molecule has 0 saturated carbocycles. The summed E-state index contributed by atoms with van der Waals surface area (Å²) in [5.41, 5.74) is 2.85. The smallest absolute Gasteiger partial charge is 0.0227 e. The first-order chi connectivity index (χ1) is 9.22. The Labute approximate surface area is 117 Å². The van der Waals surface area contributed by atoms with Gasteiger partial charge in [-0.2, -0.15) is 0 Å². The van der Waals surface area contributed by atoms with Crippen LogP contribution in [0, 0.1) is 5.92 Å². The van der Waals surface area contributed by atoms with Crippen molar-refractivity contribution in [2.24, 2.45) is 5.92 Å². The highest BCUT2D eigenvalue weighted by atomic mass is 15.2. The van der Waals surface area contributed by atoms with E-state index in [1.165, 1.54) is 43.6 Å². The first kappa shape index (κ1) is 13.1. The molecule has 19 heavy (non-hydrogen) atoms. The fraction of sp³-hybridized carbons (Fsp3) is 0.647. The Kier molecular flexibility index (Phi) is 3.90. The summed E-state index contributed by atoms with van der Waals surface area (Å²) in [6.07, 6.45) is 2.79. The van der Waals surface area contributed by atoms with Gasteiger partial charge in [0, 0.05) is 19.1 Å². The minimum Gasteiger partial charge on any atom is -0.308 e. The van der Waals surface area contributed by atoms with Crippen molar-refractivity contribution in [3.8, 4) is 0 Å². The van der Waals surface area contributed by atoms with Crippen molar-refractivity contribution in [2.45, 2.75) is 45.2 Å². The lowest BCUT2D eigenvalue weighted by Crippen LogP contribution is -2.55. The fourth-order valence-corrected chi connectivity index (χ4v) is 3.47. The molecule has 4 rings (SSSR count). The number of hydrogen-bond donors (Lipinski definition) is 1. The number of nitrogens with one attached hydrogen (secondary N) is 1. The van der Waals surface area contributed by atoms with Crippen LogP contribution in [0.1, 0.15) is 43.7 Å². The zero-order valence-corrected chi connectivity index (χ0v) is 12.2. The van der Waals surface area contributed by atoms with Crippen LogP contribution in [0.4, 0.5) is 0 Å². The lowest BCUT2D eigenvalue weighted by Gasteiger charge is -2.45. The second-order valence-corrected chi connectivity index (χ2v) is 6.52. The molecule has 1 atom stereocenters. The summed E-state index contributed by atoms with van der Waals surface area (Å²) in [6, 6.07) is 9.83. The molecule has 3 heterocycles. The summed E-state index contributed by atoms with van der Waals surface area (Å²) < 4.78 is 0. The molecule has 2 bridgehead atoms. The molecule has 3 saturated heterocycles. The van der Waals surface area contributed by atoms with Gasteiger partial charge in [0.25, 0.3) is 0 Å². The number of nitrogens with zero attached hydrogens (tertiary/aromatic N) is 1. The third-order valence-corrected chi connectivity index (χ3v) is 4.87. The van der Waals surface area contributed by atoms with Crippen molar-refractivity contribution in [2.75, 3.05) is 19.6 Å². The van der Waals surface area contributed by atoms with Gasteiger partial charge >= 0.3 is 0 Å². The number of rotatable bonds is 4. The molecule has 1 N–H and O–H groups in total. The second-order valence-electron chi connectivity index (χ2n) is 6.52. The Balaban J connectivity index is 1.54. The minimum absolute atomic E-state index is 0.629. The molecule has 0 aromatic heterocycles. The molecule has 0 spiro atoms. The highest BCUT2D eigenvalue weighted by Crippen LogP contribution is 2.27. The average Bonchev–Trinajstić information content (AvgIpc) is 2.47. The van der Waals surface area contributed by atoms with Gasteiger partial charge in [-0.15, -0.1) is 0 Å². The maximum absolute atomic E-state index is 3.78. The monoisotopic (exact) mass is 258 g/mol. The van der Waals surface area contributed by atoms with E-state index in [1.54, 1.807) is 0 Å². The molecule has 1 unspecified atom stereocenters. The van der Waals surface area contributed by atoms with E-state index < -0.39 is 0 Å². The molecular weight excluding hydrogens is 232 g/mol. The Morgan fingerprint density at radius 1 is 1.16 bits per heavy atom. The fourth-order valence-electron chi connectivity index (χ4n) is 3.47. The predicted molar refractivity (Wildman–Crippen MR) is 80.3 cm³/mol. The Bertz CT molecular complexity index is 402. The summed E-state index contributed by atoms with van der Waals surface area (Å²) in [6.45, 7) is 9.43. The largest absolute Gasteiger partial charge is 0.308 e. The third-order valence-electron chi connectivity index (χ3n) is 4.87. The zero-order valence-electron chi connectivity index (χ0n) is 12.2. The lowest BCUT2D eigenvalue weighted by atomic mass is 9.84. The van der Waals surface area contributed by atoms with Crippen LogP contribution in [0.3, 0.4) is 0 Å². The molecule has 2 heteroatoms. The third kappa shape index (κ3) is 3.01. The number of piperidine rings is 3. The van der Waals surface area contributed by atoms with Crippen LogP contribution in [0.15, 0.2) is 24.3 Å². The maximum atomic E-state index is 3.78. The molecule has 3 aliphatic heterocycles. The summed E-state index contributed by atoms with van der Waals surface area (Å²) in [4.78, 5) is 2.61. The van der Waals surface area contributed by atoms with Crippen LogP contribution >= 0.6 is 0 Å². The van der Waals surface area contributed by atoms with Crippen LogP contribution in [0.25, 0.3) is 0 Å². The minimum atomic E-state index is 0.629. The topological polar surface area (TPSA) is 15.3 Å². The molecule has 3 aliphatic rings. The normalized spacial score (nSPS) is 29.9. The molecular formula is C17H26N2. The average molecular weight is 258 g/mol. The Morgan fingerprint density at radius 3 is 2.37 bits per heavy atom. The van der Waals surface area contributed by atoms with Crippen molar-refractivity contribution in [3.63, 3.8) is 0 Å². The SMILES string of the molecule is CC(C)c1ccc(CNC2CN3CCC2CC3)cc1. The van der Waals surface area contributed by atoms with Crippen molar-refractivity contribution < 1.29 is 0 Å². The van der Waals surface area contributed by atoms with Gasteiger partial charge in [-0.3, -0.25) is 0 Å². The van der Waals surface area contributed by atoms with E-state index in [9.17, 15) is 0 Å². The van der Waals surface area contributed by atoms with Gasteiger partial charge in [-0.1, -0.05) is 38.1 Å². The number of fused-ring (bicyclic) bond motifs is 3. The second kappa shape index (κ2) is 5.64. The number of benzene rings is 1. The Morgan fingerprint density at radius 2 is 1.84 bits per heavy atom. The lowest BCUT2D eigenvalue weighted by molar-refractivity contribution is 0.0720. The van der Waals surface area contributed by atoms with Gasteiger partial charge in [-0.25, -0.2) is 0 Å². The van der Waals surface area contributed by atoms with E-state index >= 15 is 0 Å². The van der Waals surface area contributed by atoms with E-state index in [2.05, 4.69) is 48.3 Å². The maximum Gasteiger partial charge on any atom is 0.0227 e. The Hall–Kier alpha value is -0.860. The first-order valence-electron chi connectivity index (χ1n) is 7.77. The molecule has 0 amide bonds. The van der Waals surface area contributed by atoms with E-state index in [0.717, 1.165) is 12.5 Å². The molecule has 1 aromatic rings. The van der Waals surface area contributed by atoms with E-state index in [-0.39, 0.29) is 0 Å². The summed E-state index contributed by atoms with van der Waals surface area (Å²) in [5, 5.41) is 3.78. The summed E-state index contributed by atoms with van der Waals surface area (Å²) >= 11 is 0. The van der Waals surface area contributed by atoms with Gasteiger partial charge in [0.05, 0.1) is 0 Å². The van der Waals surface area contributed by atoms with Gasteiger partial charge < -0.3 is 10.2 Å². The molecule has 1 aromatic carbocycles. The predicted octanol–water partition coefficient (Wildman–Crippen LogP) is 2.99. The van der Waals surface area contributed by atoms with Gasteiger partial charge in [-0.05, 0) is 48.9 Å². The highest BCUT2D eigenvalue weighted by Gasteiger charge is 2.33. The van der Waals surface area contributed by atoms with Gasteiger partial charge in [0.2, 0.25) is 0 Å². The van der Waals surface area contributed by atoms with E-state index in [0.29, 0.717) is 12.0 Å². The van der Waals surface area contributed by atoms with Crippen molar-refractivity contribution >= 4 is 0 Å². The molecule has 2 nitrogen and oxygen atoms in total. The van der Waals surface area contributed by atoms with Gasteiger partial charge in [0.15, 0.2) is 0 Å². The number of hydrogen-bond acceptors (Lipinski definition) is 2. The van der Waals surface area contributed by atoms with Crippen LogP contribution in [-0.2, 0) is 6.54 Å².